The summed E-state index contributed by atoms with van der Waals surface area (Å²) < 4.78 is 5.08. The third kappa shape index (κ3) is 3.57. The summed E-state index contributed by atoms with van der Waals surface area (Å²) in [5.41, 5.74) is -1.05. The molecule has 0 unspecified atom stereocenters. The van der Waals surface area contributed by atoms with E-state index in [1.54, 1.807) is 20.8 Å². The standard InChI is InChI=1S/C15H15N3O6/c1-15(2,3)24-14(21)17(13(19)20)12-11-5-4-10(18(22)23)8-9(11)6-7-16-12/h4-8H,1-3H3,(H,19,20). The molecule has 0 radical (unpaired) electrons. The van der Waals surface area contributed by atoms with Gasteiger partial charge in [-0.2, -0.15) is 4.90 Å². The number of hydrogen-bond acceptors (Lipinski definition) is 6. The van der Waals surface area contributed by atoms with Gasteiger partial charge in [0, 0.05) is 23.7 Å². The first-order valence-corrected chi connectivity index (χ1v) is 6.89. The molecule has 0 bridgehead atoms. The molecule has 0 saturated heterocycles. The summed E-state index contributed by atoms with van der Waals surface area (Å²) in [5.74, 6) is -0.177. The molecule has 126 valence electrons. The van der Waals surface area contributed by atoms with Crippen LogP contribution >= 0.6 is 0 Å². The van der Waals surface area contributed by atoms with E-state index >= 15 is 0 Å². The number of nitrogens with zero attached hydrogens (tertiary/aromatic N) is 3. The second-order valence-corrected chi connectivity index (χ2v) is 5.90. The number of fused-ring (bicyclic) bond motifs is 1. The fraction of sp³-hybridized carbons (Fsp3) is 0.267. The number of nitro benzene ring substituents is 1. The minimum Gasteiger partial charge on any atom is -0.464 e. The van der Waals surface area contributed by atoms with Crippen LogP contribution in [0.25, 0.3) is 10.8 Å². The Morgan fingerprint density at radius 1 is 1.29 bits per heavy atom. The number of aromatic nitrogens is 1. The van der Waals surface area contributed by atoms with Gasteiger partial charge in [-0.3, -0.25) is 10.1 Å². The molecule has 2 rings (SSSR count). The van der Waals surface area contributed by atoms with Gasteiger partial charge in [0.05, 0.1) is 4.92 Å². The Hall–Kier alpha value is -3.23. The fourth-order valence-corrected chi connectivity index (χ4v) is 2.00. The molecule has 0 atom stereocenters. The van der Waals surface area contributed by atoms with Gasteiger partial charge in [0.25, 0.3) is 5.69 Å². The lowest BCUT2D eigenvalue weighted by atomic mass is 10.1. The second-order valence-electron chi connectivity index (χ2n) is 5.90. The highest BCUT2D eigenvalue weighted by Crippen LogP contribution is 2.28. The molecule has 1 aromatic carbocycles. The Morgan fingerprint density at radius 2 is 1.96 bits per heavy atom. The predicted octanol–water partition coefficient (Wildman–Crippen LogP) is 3.56. The summed E-state index contributed by atoms with van der Waals surface area (Å²) in [6.07, 6.45) is -1.40. The van der Waals surface area contributed by atoms with Crippen LogP contribution in [0.3, 0.4) is 0 Å². The average Bonchev–Trinajstić information content (AvgIpc) is 2.44. The third-order valence-electron chi connectivity index (χ3n) is 2.92. The lowest BCUT2D eigenvalue weighted by Crippen LogP contribution is -2.40. The van der Waals surface area contributed by atoms with E-state index in [4.69, 9.17) is 4.74 Å². The fourth-order valence-electron chi connectivity index (χ4n) is 2.00. The van der Waals surface area contributed by atoms with Crippen molar-refractivity contribution in [1.82, 2.24) is 4.98 Å². The van der Waals surface area contributed by atoms with Crippen molar-refractivity contribution in [2.75, 3.05) is 4.90 Å². The van der Waals surface area contributed by atoms with E-state index in [2.05, 4.69) is 4.98 Å². The van der Waals surface area contributed by atoms with Gasteiger partial charge in [-0.25, -0.2) is 14.6 Å². The molecule has 2 aromatic rings. The number of carbonyl (C=O) groups excluding carboxylic acids is 1. The van der Waals surface area contributed by atoms with Crippen molar-refractivity contribution in [3.8, 4) is 0 Å². The topological polar surface area (TPSA) is 123 Å². The number of benzene rings is 1. The van der Waals surface area contributed by atoms with Crippen molar-refractivity contribution in [2.24, 2.45) is 0 Å². The molecular weight excluding hydrogens is 318 g/mol. The quantitative estimate of drug-likeness (QED) is 0.658. The zero-order chi connectivity index (χ0) is 18.1. The van der Waals surface area contributed by atoms with Gasteiger partial charge in [-0.1, -0.05) is 0 Å². The molecule has 24 heavy (non-hydrogen) atoms. The summed E-state index contributed by atoms with van der Waals surface area (Å²) >= 11 is 0. The Balaban J connectivity index is 2.57. The van der Waals surface area contributed by atoms with Crippen molar-refractivity contribution in [3.05, 3.63) is 40.6 Å². The summed E-state index contributed by atoms with van der Waals surface area (Å²) in [4.78, 5) is 38.3. The van der Waals surface area contributed by atoms with Crippen LogP contribution in [-0.2, 0) is 4.74 Å². The van der Waals surface area contributed by atoms with Crippen molar-refractivity contribution in [1.29, 1.82) is 0 Å². The molecule has 0 fully saturated rings. The van der Waals surface area contributed by atoms with Gasteiger partial charge in [0.2, 0.25) is 0 Å². The number of carbonyl (C=O) groups is 2. The van der Waals surface area contributed by atoms with E-state index in [9.17, 15) is 24.8 Å². The van der Waals surface area contributed by atoms with Crippen molar-refractivity contribution >= 4 is 34.5 Å². The number of rotatable bonds is 2. The van der Waals surface area contributed by atoms with E-state index in [0.29, 0.717) is 10.3 Å². The molecule has 0 aliphatic rings. The minimum absolute atomic E-state index is 0.154. The first kappa shape index (κ1) is 17.1. The van der Waals surface area contributed by atoms with Gasteiger partial charge in [-0.15, -0.1) is 0 Å². The van der Waals surface area contributed by atoms with Crippen LogP contribution in [0.1, 0.15) is 20.8 Å². The SMILES string of the molecule is CC(C)(C)OC(=O)N(C(=O)O)c1nccc2cc([N+](=O)[O-])ccc12. The summed E-state index contributed by atoms with van der Waals surface area (Å²) in [5, 5.41) is 20.9. The number of hydrogen-bond donors (Lipinski definition) is 1. The molecule has 2 amide bonds. The third-order valence-corrected chi connectivity index (χ3v) is 2.92. The Morgan fingerprint density at radius 3 is 2.50 bits per heavy atom. The van der Waals surface area contributed by atoms with Crippen LogP contribution in [-0.4, -0.2) is 32.8 Å². The maximum atomic E-state index is 12.2. The zero-order valence-electron chi connectivity index (χ0n) is 13.2. The van der Waals surface area contributed by atoms with Crippen LogP contribution in [0.15, 0.2) is 30.5 Å². The lowest BCUT2D eigenvalue weighted by molar-refractivity contribution is -0.384. The molecule has 1 heterocycles. The molecular formula is C15H15N3O6. The minimum atomic E-state index is -1.57. The highest BCUT2D eigenvalue weighted by Gasteiger charge is 2.31. The van der Waals surface area contributed by atoms with Crippen LogP contribution in [0.2, 0.25) is 0 Å². The van der Waals surface area contributed by atoms with Crippen LogP contribution in [0.5, 0.6) is 0 Å². The van der Waals surface area contributed by atoms with Gasteiger partial charge >= 0.3 is 12.2 Å². The monoisotopic (exact) mass is 333 g/mol. The maximum absolute atomic E-state index is 12.2. The smallest absolute Gasteiger partial charge is 0.425 e. The van der Waals surface area contributed by atoms with E-state index < -0.39 is 22.7 Å². The molecule has 0 aliphatic heterocycles. The molecule has 0 aliphatic carbocycles. The zero-order valence-corrected chi connectivity index (χ0v) is 13.2. The number of pyridine rings is 1. The van der Waals surface area contributed by atoms with Crippen LogP contribution in [0.4, 0.5) is 21.1 Å². The van der Waals surface area contributed by atoms with Crippen molar-refractivity contribution in [3.63, 3.8) is 0 Å². The van der Waals surface area contributed by atoms with E-state index in [1.165, 1.54) is 30.5 Å². The van der Waals surface area contributed by atoms with E-state index in [0.717, 1.165) is 0 Å². The van der Waals surface area contributed by atoms with E-state index in [-0.39, 0.29) is 16.9 Å². The van der Waals surface area contributed by atoms with Crippen LogP contribution < -0.4 is 4.90 Å². The first-order chi connectivity index (χ1) is 11.1. The van der Waals surface area contributed by atoms with Gasteiger partial charge in [-0.05, 0) is 38.3 Å². The van der Waals surface area contributed by atoms with Gasteiger partial charge in [0.15, 0.2) is 5.82 Å². The molecule has 1 N–H and O–H groups in total. The predicted molar refractivity (Wildman–Crippen MR) is 85.1 cm³/mol. The molecule has 0 saturated carbocycles. The molecule has 0 spiro atoms. The summed E-state index contributed by atoms with van der Waals surface area (Å²) in [6, 6.07) is 5.31. The molecule has 9 heteroatoms. The largest absolute Gasteiger partial charge is 0.464 e. The van der Waals surface area contributed by atoms with Crippen molar-refractivity contribution in [2.45, 2.75) is 26.4 Å². The number of non-ortho nitro benzene ring substituents is 1. The summed E-state index contributed by atoms with van der Waals surface area (Å²) in [7, 11) is 0. The Labute approximate surface area is 136 Å². The second kappa shape index (κ2) is 6.11. The highest BCUT2D eigenvalue weighted by molar-refractivity contribution is 6.13. The number of anilines is 1. The lowest BCUT2D eigenvalue weighted by Gasteiger charge is -2.24. The maximum Gasteiger partial charge on any atom is 0.425 e. The number of ether oxygens (including phenoxy) is 1. The summed E-state index contributed by atoms with van der Waals surface area (Å²) in [6.45, 7) is 4.81. The number of nitro groups is 1. The highest BCUT2D eigenvalue weighted by atomic mass is 16.6. The van der Waals surface area contributed by atoms with E-state index in [1.807, 2.05) is 0 Å². The van der Waals surface area contributed by atoms with Gasteiger partial charge in [0.1, 0.15) is 5.60 Å². The number of imide groups is 1. The van der Waals surface area contributed by atoms with Crippen molar-refractivity contribution < 1.29 is 24.4 Å². The van der Waals surface area contributed by atoms with Crippen LogP contribution in [0, 0.1) is 10.1 Å². The average molecular weight is 333 g/mol. The number of amides is 2. The van der Waals surface area contributed by atoms with Gasteiger partial charge < -0.3 is 9.84 Å². The molecule has 1 aromatic heterocycles. The Bertz CT molecular complexity index is 828. The molecule has 9 nitrogen and oxygen atoms in total. The number of carboxylic acid groups (broad SMARTS) is 1. The normalized spacial score (nSPS) is 11.1. The Kier molecular flexibility index (Phi) is 4.36. The first-order valence-electron chi connectivity index (χ1n) is 6.89.